The van der Waals surface area contributed by atoms with Crippen LogP contribution in [0.25, 0.3) is 0 Å². The van der Waals surface area contributed by atoms with Crippen molar-refractivity contribution in [2.24, 2.45) is 16.8 Å². The summed E-state index contributed by atoms with van der Waals surface area (Å²) >= 11 is 1.13. The fourth-order valence-corrected chi connectivity index (χ4v) is 3.82. The number of sulfonamides is 1. The zero-order valence-electron chi connectivity index (χ0n) is 8.91. The van der Waals surface area contributed by atoms with Gasteiger partial charge in [-0.15, -0.1) is 11.3 Å². The maximum absolute atomic E-state index is 12.0. The summed E-state index contributed by atoms with van der Waals surface area (Å²) in [7, 11) is -3.58. The van der Waals surface area contributed by atoms with E-state index in [4.69, 9.17) is 10.9 Å². The number of nitrogens with zero attached hydrogens (tertiary/aromatic N) is 1. The molecule has 0 amide bonds. The molecule has 1 fully saturated rings. The molecule has 0 bridgehead atoms. The number of amidine groups is 1. The average molecular weight is 275 g/mol. The van der Waals surface area contributed by atoms with Gasteiger partial charge >= 0.3 is 0 Å². The van der Waals surface area contributed by atoms with Crippen molar-refractivity contribution >= 4 is 27.2 Å². The largest absolute Gasteiger partial charge is 0.409 e. The van der Waals surface area contributed by atoms with Gasteiger partial charge in [0.05, 0.1) is 6.04 Å². The van der Waals surface area contributed by atoms with Gasteiger partial charge in [0, 0.05) is 0 Å². The molecule has 4 N–H and O–H groups in total. The lowest BCUT2D eigenvalue weighted by atomic mass is 10.2. The highest BCUT2D eigenvalue weighted by Crippen LogP contribution is 2.33. The van der Waals surface area contributed by atoms with E-state index in [2.05, 4.69) is 9.88 Å². The van der Waals surface area contributed by atoms with Crippen LogP contribution in [0, 0.1) is 5.92 Å². The number of oxime groups is 1. The Kier molecular flexibility index (Phi) is 3.36. The van der Waals surface area contributed by atoms with E-state index in [0.717, 1.165) is 24.2 Å². The molecule has 2 rings (SSSR count). The molecular weight excluding hydrogens is 262 g/mol. The van der Waals surface area contributed by atoms with Crippen LogP contribution >= 0.6 is 11.3 Å². The monoisotopic (exact) mass is 275 g/mol. The van der Waals surface area contributed by atoms with Crippen molar-refractivity contribution in [2.45, 2.75) is 23.1 Å². The number of nitrogens with two attached hydrogens (primary N) is 1. The molecule has 94 valence electrons. The van der Waals surface area contributed by atoms with Crippen molar-refractivity contribution in [1.82, 2.24) is 4.72 Å². The average Bonchev–Trinajstić information content (AvgIpc) is 2.98. The maximum Gasteiger partial charge on any atom is 0.250 e. The summed E-state index contributed by atoms with van der Waals surface area (Å²) in [4.78, 5) is 0. The molecular formula is C9H13N3O3S2. The van der Waals surface area contributed by atoms with E-state index < -0.39 is 16.1 Å². The van der Waals surface area contributed by atoms with Crippen LogP contribution in [0.1, 0.15) is 12.8 Å². The highest BCUT2D eigenvalue weighted by molar-refractivity contribution is 7.91. The van der Waals surface area contributed by atoms with Gasteiger partial charge in [0.1, 0.15) is 4.21 Å². The van der Waals surface area contributed by atoms with Crippen molar-refractivity contribution in [1.29, 1.82) is 0 Å². The van der Waals surface area contributed by atoms with E-state index in [0.29, 0.717) is 0 Å². The third kappa shape index (κ3) is 2.76. The van der Waals surface area contributed by atoms with Crippen LogP contribution in [0.2, 0.25) is 0 Å². The second-order valence-electron chi connectivity index (χ2n) is 3.89. The molecule has 0 spiro atoms. The lowest BCUT2D eigenvalue weighted by Gasteiger charge is -2.15. The Bertz CT molecular complexity index is 506. The van der Waals surface area contributed by atoms with E-state index in [1.165, 1.54) is 6.07 Å². The van der Waals surface area contributed by atoms with Gasteiger partial charge in [-0.2, -0.15) is 4.72 Å². The van der Waals surface area contributed by atoms with Crippen LogP contribution in [0.3, 0.4) is 0 Å². The SMILES string of the molecule is NC(=NO)C(NS(=O)(=O)c1cccs1)C1CC1. The normalized spacial score (nSPS) is 19.2. The molecule has 6 nitrogen and oxygen atoms in total. The first-order valence-corrected chi connectivity index (χ1v) is 7.44. The molecule has 1 saturated carbocycles. The molecule has 0 aliphatic heterocycles. The maximum atomic E-state index is 12.0. The van der Waals surface area contributed by atoms with E-state index in [9.17, 15) is 8.42 Å². The molecule has 17 heavy (non-hydrogen) atoms. The van der Waals surface area contributed by atoms with Gasteiger partial charge in [0.15, 0.2) is 5.84 Å². The number of hydrogen-bond acceptors (Lipinski definition) is 5. The molecule has 1 heterocycles. The summed E-state index contributed by atoms with van der Waals surface area (Å²) in [6.45, 7) is 0. The topological polar surface area (TPSA) is 105 Å². The predicted molar refractivity (Wildman–Crippen MR) is 64.6 cm³/mol. The van der Waals surface area contributed by atoms with Gasteiger partial charge in [-0.3, -0.25) is 0 Å². The molecule has 1 atom stereocenters. The summed E-state index contributed by atoms with van der Waals surface area (Å²) in [6.07, 6.45) is 1.77. The minimum atomic E-state index is -3.58. The first-order valence-electron chi connectivity index (χ1n) is 5.08. The van der Waals surface area contributed by atoms with E-state index >= 15 is 0 Å². The smallest absolute Gasteiger partial charge is 0.250 e. The highest BCUT2D eigenvalue weighted by Gasteiger charge is 2.37. The molecule has 1 aliphatic carbocycles. The summed E-state index contributed by atoms with van der Waals surface area (Å²) < 4.78 is 26.6. The molecule has 0 saturated heterocycles. The zero-order valence-corrected chi connectivity index (χ0v) is 10.5. The van der Waals surface area contributed by atoms with E-state index in [1.54, 1.807) is 11.4 Å². The van der Waals surface area contributed by atoms with Crippen LogP contribution in [0.5, 0.6) is 0 Å². The van der Waals surface area contributed by atoms with Crippen molar-refractivity contribution in [2.75, 3.05) is 0 Å². The third-order valence-electron chi connectivity index (χ3n) is 2.57. The Balaban J connectivity index is 2.18. The lowest BCUT2D eigenvalue weighted by molar-refractivity contribution is 0.314. The van der Waals surface area contributed by atoms with Crippen LogP contribution in [-0.2, 0) is 10.0 Å². The molecule has 1 aromatic heterocycles. The van der Waals surface area contributed by atoms with Gasteiger partial charge < -0.3 is 10.9 Å². The quantitative estimate of drug-likeness (QED) is 0.316. The number of thiophene rings is 1. The third-order valence-corrected chi connectivity index (χ3v) is 5.41. The predicted octanol–water partition coefficient (Wildman–Crippen LogP) is 0.551. The first kappa shape index (κ1) is 12.3. The van der Waals surface area contributed by atoms with Crippen molar-refractivity contribution < 1.29 is 13.6 Å². The van der Waals surface area contributed by atoms with Crippen LogP contribution in [0.15, 0.2) is 26.9 Å². The Hall–Kier alpha value is -1.12. The second-order valence-corrected chi connectivity index (χ2v) is 6.78. The van der Waals surface area contributed by atoms with E-state index in [1.807, 2.05) is 0 Å². The van der Waals surface area contributed by atoms with Crippen LogP contribution in [-0.4, -0.2) is 25.5 Å². The van der Waals surface area contributed by atoms with Crippen LogP contribution < -0.4 is 10.5 Å². The fraction of sp³-hybridized carbons (Fsp3) is 0.444. The first-order chi connectivity index (χ1) is 8.04. The van der Waals surface area contributed by atoms with Gasteiger partial charge in [-0.25, -0.2) is 8.42 Å². The van der Waals surface area contributed by atoms with Crippen LogP contribution in [0.4, 0.5) is 0 Å². The molecule has 0 radical (unpaired) electrons. The Morgan fingerprint density at radius 2 is 2.35 bits per heavy atom. The standard InChI is InChI=1S/C9H13N3O3S2/c10-9(11-13)8(6-3-4-6)12-17(14,15)7-2-1-5-16-7/h1-2,5-6,8,12-13H,3-4H2,(H2,10,11). The summed E-state index contributed by atoms with van der Waals surface area (Å²) in [5.41, 5.74) is 5.50. The number of rotatable bonds is 5. The van der Waals surface area contributed by atoms with Crippen molar-refractivity contribution in [3.05, 3.63) is 17.5 Å². The van der Waals surface area contributed by atoms with E-state index in [-0.39, 0.29) is 16.0 Å². The molecule has 8 heteroatoms. The van der Waals surface area contributed by atoms with Crippen molar-refractivity contribution in [3.63, 3.8) is 0 Å². The Labute approximate surface area is 103 Å². The minimum absolute atomic E-state index is 0.0902. The summed E-state index contributed by atoms with van der Waals surface area (Å²) in [5.74, 6) is 0.0354. The summed E-state index contributed by atoms with van der Waals surface area (Å²) in [6, 6.07) is 2.56. The lowest BCUT2D eigenvalue weighted by Crippen LogP contribution is -2.45. The number of hydrogen-bond donors (Lipinski definition) is 3. The Morgan fingerprint density at radius 1 is 1.65 bits per heavy atom. The molecule has 1 unspecified atom stereocenters. The number of nitrogens with one attached hydrogen (secondary N) is 1. The Morgan fingerprint density at radius 3 is 2.82 bits per heavy atom. The zero-order chi connectivity index (χ0) is 12.5. The second kappa shape index (κ2) is 4.63. The molecule has 0 aromatic carbocycles. The summed E-state index contributed by atoms with van der Waals surface area (Å²) in [5, 5.41) is 13.2. The molecule has 1 aromatic rings. The fourth-order valence-electron chi connectivity index (χ4n) is 1.53. The minimum Gasteiger partial charge on any atom is -0.409 e. The van der Waals surface area contributed by atoms with Gasteiger partial charge in [-0.1, -0.05) is 11.2 Å². The van der Waals surface area contributed by atoms with Gasteiger partial charge in [0.25, 0.3) is 10.0 Å². The van der Waals surface area contributed by atoms with Crippen molar-refractivity contribution in [3.8, 4) is 0 Å². The van der Waals surface area contributed by atoms with Gasteiger partial charge in [-0.05, 0) is 30.2 Å². The van der Waals surface area contributed by atoms with Gasteiger partial charge in [0.2, 0.25) is 0 Å². The highest BCUT2D eigenvalue weighted by atomic mass is 32.2. The molecule has 1 aliphatic rings.